The van der Waals surface area contributed by atoms with Gasteiger partial charge in [-0.15, -0.1) is 0 Å². The number of hydrogen-bond donors (Lipinski definition) is 1. The van der Waals surface area contributed by atoms with Crippen molar-refractivity contribution in [2.24, 2.45) is 0 Å². The van der Waals surface area contributed by atoms with Gasteiger partial charge in [0.1, 0.15) is 17.2 Å². The van der Waals surface area contributed by atoms with Crippen molar-refractivity contribution in [3.63, 3.8) is 0 Å². The molecule has 26 heavy (non-hydrogen) atoms. The number of methoxy groups -OCH3 is 3. The van der Waals surface area contributed by atoms with Gasteiger partial charge in [0.15, 0.2) is 0 Å². The van der Waals surface area contributed by atoms with E-state index in [1.54, 1.807) is 12.1 Å². The van der Waals surface area contributed by atoms with E-state index in [2.05, 4.69) is 4.72 Å². The van der Waals surface area contributed by atoms with E-state index < -0.39 is 14.9 Å². The Labute approximate surface area is 150 Å². The Balaban J connectivity index is 2.33. The van der Waals surface area contributed by atoms with Crippen LogP contribution in [0.15, 0.2) is 41.3 Å². The van der Waals surface area contributed by atoms with Gasteiger partial charge in [-0.05, 0) is 6.07 Å². The topological polar surface area (TPSA) is 117 Å². The maximum absolute atomic E-state index is 12.5. The summed E-state index contributed by atoms with van der Waals surface area (Å²) < 4.78 is 43.0. The molecule has 0 aliphatic rings. The highest BCUT2D eigenvalue weighted by Gasteiger charge is 2.20. The number of rotatable bonds is 8. The number of benzene rings is 2. The SMILES string of the molecule is COc1cc(OC)c(CNS(=O)(=O)c2cccc([N+](=O)[O-])c2)c(OC)c1. The molecule has 0 radical (unpaired) electrons. The summed E-state index contributed by atoms with van der Waals surface area (Å²) in [6.45, 7) is -0.138. The molecule has 0 aliphatic heterocycles. The van der Waals surface area contributed by atoms with Crippen molar-refractivity contribution in [1.82, 2.24) is 4.72 Å². The van der Waals surface area contributed by atoms with Crippen LogP contribution >= 0.6 is 0 Å². The zero-order valence-electron chi connectivity index (χ0n) is 14.4. The van der Waals surface area contributed by atoms with Crippen molar-refractivity contribution >= 4 is 15.7 Å². The lowest BCUT2D eigenvalue weighted by Gasteiger charge is -2.15. The molecular weight excluding hydrogens is 364 g/mol. The Bertz CT molecular complexity index is 888. The summed E-state index contributed by atoms with van der Waals surface area (Å²) >= 11 is 0. The van der Waals surface area contributed by atoms with Crippen LogP contribution in [0.5, 0.6) is 17.2 Å². The molecule has 140 valence electrons. The van der Waals surface area contributed by atoms with Crippen molar-refractivity contribution in [2.45, 2.75) is 11.4 Å². The van der Waals surface area contributed by atoms with E-state index >= 15 is 0 Å². The average molecular weight is 382 g/mol. The van der Waals surface area contributed by atoms with Crippen molar-refractivity contribution in [2.75, 3.05) is 21.3 Å². The minimum atomic E-state index is -3.98. The van der Waals surface area contributed by atoms with E-state index in [-0.39, 0.29) is 17.1 Å². The summed E-state index contributed by atoms with van der Waals surface area (Å²) in [6, 6.07) is 7.98. The van der Waals surface area contributed by atoms with Crippen LogP contribution in [-0.2, 0) is 16.6 Å². The van der Waals surface area contributed by atoms with Crippen molar-refractivity contribution in [3.8, 4) is 17.2 Å². The lowest BCUT2D eigenvalue weighted by Crippen LogP contribution is -2.24. The first-order valence-corrected chi connectivity index (χ1v) is 8.83. The first kappa shape index (κ1) is 19.5. The molecule has 0 atom stereocenters. The third-order valence-electron chi connectivity index (χ3n) is 3.59. The fourth-order valence-corrected chi connectivity index (χ4v) is 3.30. The largest absolute Gasteiger partial charge is 0.496 e. The zero-order valence-corrected chi connectivity index (χ0v) is 15.2. The van der Waals surface area contributed by atoms with Gasteiger partial charge in [0.2, 0.25) is 10.0 Å². The molecular formula is C16H18N2O7S. The molecule has 2 rings (SSSR count). The van der Waals surface area contributed by atoms with Gasteiger partial charge in [-0.3, -0.25) is 10.1 Å². The van der Waals surface area contributed by atoms with Crippen LogP contribution < -0.4 is 18.9 Å². The van der Waals surface area contributed by atoms with Gasteiger partial charge in [0, 0.05) is 30.8 Å². The second kappa shape index (κ2) is 8.02. The van der Waals surface area contributed by atoms with Gasteiger partial charge in [0.25, 0.3) is 5.69 Å². The van der Waals surface area contributed by atoms with E-state index in [1.165, 1.54) is 39.5 Å². The van der Waals surface area contributed by atoms with Crippen LogP contribution in [0.2, 0.25) is 0 Å². The molecule has 0 unspecified atom stereocenters. The average Bonchev–Trinajstić information content (AvgIpc) is 2.65. The minimum Gasteiger partial charge on any atom is -0.496 e. The lowest BCUT2D eigenvalue weighted by molar-refractivity contribution is -0.385. The number of hydrogen-bond acceptors (Lipinski definition) is 7. The molecule has 2 aromatic carbocycles. The number of sulfonamides is 1. The summed E-state index contributed by atoms with van der Waals surface area (Å²) in [5.74, 6) is 1.25. The Kier molecular flexibility index (Phi) is 6.01. The summed E-state index contributed by atoms with van der Waals surface area (Å²) in [7, 11) is 0.383. The molecule has 0 saturated carbocycles. The van der Waals surface area contributed by atoms with Gasteiger partial charge in [-0.2, -0.15) is 0 Å². The third-order valence-corrected chi connectivity index (χ3v) is 4.99. The molecule has 0 heterocycles. The maximum Gasteiger partial charge on any atom is 0.270 e. The number of non-ortho nitro benzene ring substituents is 1. The fourth-order valence-electron chi connectivity index (χ4n) is 2.27. The second-order valence-corrected chi connectivity index (χ2v) is 6.86. The van der Waals surface area contributed by atoms with E-state index in [1.807, 2.05) is 0 Å². The number of nitro benzene ring substituents is 1. The zero-order chi connectivity index (χ0) is 19.3. The highest BCUT2D eigenvalue weighted by atomic mass is 32.2. The van der Waals surface area contributed by atoms with Gasteiger partial charge in [0.05, 0.1) is 36.7 Å². The molecule has 0 aromatic heterocycles. The van der Waals surface area contributed by atoms with Crippen LogP contribution in [0.1, 0.15) is 5.56 Å². The van der Waals surface area contributed by atoms with Gasteiger partial charge < -0.3 is 14.2 Å². The smallest absolute Gasteiger partial charge is 0.270 e. The lowest BCUT2D eigenvalue weighted by atomic mass is 10.1. The third kappa shape index (κ3) is 4.21. The van der Waals surface area contributed by atoms with E-state index in [9.17, 15) is 18.5 Å². The molecule has 0 fully saturated rings. The number of nitrogens with one attached hydrogen (secondary N) is 1. The number of nitrogens with zero attached hydrogens (tertiary/aromatic N) is 1. The summed E-state index contributed by atoms with van der Waals surface area (Å²) in [5, 5.41) is 10.8. The first-order chi connectivity index (χ1) is 12.3. The van der Waals surface area contributed by atoms with Crippen LogP contribution in [-0.4, -0.2) is 34.7 Å². The Morgan fingerprint density at radius 3 is 2.15 bits per heavy atom. The Morgan fingerprint density at radius 2 is 1.65 bits per heavy atom. The predicted molar refractivity (Wildman–Crippen MR) is 93.2 cm³/mol. The van der Waals surface area contributed by atoms with Gasteiger partial charge >= 0.3 is 0 Å². The molecule has 9 nitrogen and oxygen atoms in total. The Hall–Kier alpha value is -2.85. The van der Waals surface area contributed by atoms with Gasteiger partial charge in [-0.25, -0.2) is 13.1 Å². The monoisotopic (exact) mass is 382 g/mol. The molecule has 0 amide bonds. The predicted octanol–water partition coefficient (Wildman–Crippen LogP) is 2.10. The first-order valence-electron chi connectivity index (χ1n) is 7.35. The molecule has 0 saturated heterocycles. The molecule has 0 spiro atoms. The van der Waals surface area contributed by atoms with Gasteiger partial charge in [-0.1, -0.05) is 6.07 Å². The minimum absolute atomic E-state index is 0.138. The second-order valence-electron chi connectivity index (χ2n) is 5.09. The summed E-state index contributed by atoms with van der Waals surface area (Å²) in [4.78, 5) is 9.96. The molecule has 10 heteroatoms. The highest BCUT2D eigenvalue weighted by Crippen LogP contribution is 2.34. The molecule has 1 N–H and O–H groups in total. The van der Waals surface area contributed by atoms with Crippen molar-refractivity contribution in [1.29, 1.82) is 0 Å². The fraction of sp³-hybridized carbons (Fsp3) is 0.250. The number of nitro groups is 1. The van der Waals surface area contributed by atoms with Crippen molar-refractivity contribution < 1.29 is 27.6 Å². The Morgan fingerprint density at radius 1 is 1.04 bits per heavy atom. The molecule has 0 bridgehead atoms. The standard InChI is InChI=1S/C16H18N2O7S/c1-23-12-8-15(24-2)14(16(9-12)25-3)10-17-26(21,22)13-6-4-5-11(7-13)18(19)20/h4-9,17H,10H2,1-3H3. The normalized spacial score (nSPS) is 11.0. The van der Waals surface area contributed by atoms with Crippen LogP contribution in [0.25, 0.3) is 0 Å². The highest BCUT2D eigenvalue weighted by molar-refractivity contribution is 7.89. The van der Waals surface area contributed by atoms with E-state index in [0.29, 0.717) is 22.8 Å². The molecule has 0 aliphatic carbocycles. The van der Waals surface area contributed by atoms with Crippen LogP contribution in [0.3, 0.4) is 0 Å². The van der Waals surface area contributed by atoms with E-state index in [4.69, 9.17) is 14.2 Å². The quantitative estimate of drug-likeness (QED) is 0.549. The number of ether oxygens (including phenoxy) is 3. The van der Waals surface area contributed by atoms with Crippen LogP contribution in [0.4, 0.5) is 5.69 Å². The summed E-state index contributed by atoms with van der Waals surface area (Å²) in [5.41, 5.74) is 0.150. The molecule has 2 aromatic rings. The van der Waals surface area contributed by atoms with E-state index in [0.717, 1.165) is 6.07 Å². The summed E-state index contributed by atoms with van der Waals surface area (Å²) in [6.07, 6.45) is 0. The maximum atomic E-state index is 12.5. The van der Waals surface area contributed by atoms with Crippen molar-refractivity contribution in [3.05, 3.63) is 52.1 Å². The van der Waals surface area contributed by atoms with Crippen LogP contribution in [0, 0.1) is 10.1 Å².